The number of aliphatic hydroxyl groups is 1. The summed E-state index contributed by atoms with van der Waals surface area (Å²) in [4.78, 5) is 14.4. The standard InChI is InChI=1S/C6H9NO6.2Na.2H/c8-3-1-11-6-4(13-7(9)10)2-12-5(3)6;;;;/h3-6,8H,1-2H2;;;;/q;2*+1;2*-1/t3-,4+,5-,6-;;;;/m1..../s1. The van der Waals surface area contributed by atoms with Crippen molar-refractivity contribution in [3.8, 4) is 0 Å². The SMILES string of the molecule is O=[N+]([O-])O[C@H]1CO[C@H]2[C@@H]1OC[C@H]2O.[H-].[H-].[Na+].[Na+]. The second kappa shape index (κ2) is 6.73. The van der Waals surface area contributed by atoms with E-state index in [9.17, 15) is 15.2 Å². The van der Waals surface area contributed by atoms with Gasteiger partial charge in [-0.25, -0.2) is 0 Å². The monoisotopic (exact) mass is 239 g/mol. The smallest absolute Gasteiger partial charge is 1.00 e. The Balaban J connectivity index is -0.000000490. The van der Waals surface area contributed by atoms with Crippen LogP contribution in [0.4, 0.5) is 0 Å². The van der Waals surface area contributed by atoms with E-state index in [0.717, 1.165) is 0 Å². The summed E-state index contributed by atoms with van der Waals surface area (Å²) in [5.41, 5.74) is 0. The molecule has 0 saturated carbocycles. The average Bonchev–Trinajstić information content (AvgIpc) is 2.56. The van der Waals surface area contributed by atoms with Gasteiger partial charge in [0.1, 0.15) is 18.3 Å². The van der Waals surface area contributed by atoms with E-state index in [1.54, 1.807) is 0 Å². The van der Waals surface area contributed by atoms with Gasteiger partial charge in [0.15, 0.2) is 6.10 Å². The molecule has 0 bridgehead atoms. The zero-order valence-corrected chi connectivity index (χ0v) is 12.7. The summed E-state index contributed by atoms with van der Waals surface area (Å²) in [5.74, 6) is 0. The van der Waals surface area contributed by atoms with Crippen LogP contribution >= 0.6 is 0 Å². The molecule has 0 spiro atoms. The van der Waals surface area contributed by atoms with E-state index in [4.69, 9.17) is 9.47 Å². The van der Waals surface area contributed by atoms with Crippen molar-refractivity contribution in [1.29, 1.82) is 0 Å². The third-order valence-corrected chi connectivity index (χ3v) is 2.20. The molecule has 0 aromatic heterocycles. The quantitative estimate of drug-likeness (QED) is 0.292. The number of rotatable bonds is 2. The zero-order valence-electron chi connectivity index (χ0n) is 10.7. The van der Waals surface area contributed by atoms with Crippen molar-refractivity contribution in [2.75, 3.05) is 13.2 Å². The summed E-state index contributed by atoms with van der Waals surface area (Å²) in [6.07, 6.45) is -2.41. The molecular formula is C6H11NNa2O6. The molecule has 1 N–H and O–H groups in total. The maximum absolute atomic E-state index is 10.0. The first kappa shape index (κ1) is 16.1. The molecule has 9 heteroatoms. The average molecular weight is 239 g/mol. The largest absolute Gasteiger partial charge is 1.00 e. The summed E-state index contributed by atoms with van der Waals surface area (Å²) < 4.78 is 10.2. The van der Waals surface area contributed by atoms with Crippen molar-refractivity contribution in [1.82, 2.24) is 0 Å². The maximum Gasteiger partial charge on any atom is 1.00 e. The third-order valence-electron chi connectivity index (χ3n) is 2.20. The molecule has 0 aromatic rings. The molecule has 4 atom stereocenters. The summed E-state index contributed by atoms with van der Waals surface area (Å²) >= 11 is 0. The number of hydrogen-bond donors (Lipinski definition) is 1. The van der Waals surface area contributed by atoms with Crippen LogP contribution < -0.4 is 59.1 Å². The molecule has 2 saturated heterocycles. The molecule has 2 aliphatic rings. The van der Waals surface area contributed by atoms with E-state index in [-0.39, 0.29) is 75.2 Å². The molecular weight excluding hydrogens is 228 g/mol. The van der Waals surface area contributed by atoms with Crippen LogP contribution in [0.15, 0.2) is 0 Å². The minimum atomic E-state index is -0.871. The summed E-state index contributed by atoms with van der Waals surface area (Å²) in [6, 6.07) is 0. The van der Waals surface area contributed by atoms with E-state index in [1.807, 2.05) is 0 Å². The van der Waals surface area contributed by atoms with Crippen molar-refractivity contribution in [2.45, 2.75) is 24.4 Å². The number of ether oxygens (including phenoxy) is 2. The Morgan fingerprint density at radius 1 is 1.33 bits per heavy atom. The van der Waals surface area contributed by atoms with Crippen LogP contribution in [-0.2, 0) is 14.3 Å². The van der Waals surface area contributed by atoms with Crippen molar-refractivity contribution in [3.05, 3.63) is 10.1 Å². The normalized spacial score (nSPS) is 37.4. The second-order valence-corrected chi connectivity index (χ2v) is 3.03. The van der Waals surface area contributed by atoms with Gasteiger partial charge in [0.05, 0.1) is 13.2 Å². The molecule has 7 nitrogen and oxygen atoms in total. The first-order valence-corrected chi connectivity index (χ1v) is 3.91. The first-order valence-electron chi connectivity index (χ1n) is 3.91. The van der Waals surface area contributed by atoms with Crippen LogP contribution in [0.5, 0.6) is 0 Å². The summed E-state index contributed by atoms with van der Waals surface area (Å²) in [7, 11) is 0. The minimum Gasteiger partial charge on any atom is -1.00 e. The van der Waals surface area contributed by atoms with Gasteiger partial charge in [-0.1, -0.05) is 0 Å². The molecule has 2 aliphatic heterocycles. The second-order valence-electron chi connectivity index (χ2n) is 3.03. The third kappa shape index (κ3) is 3.52. The number of aliphatic hydroxyl groups excluding tert-OH is 1. The molecule has 0 aliphatic carbocycles. The van der Waals surface area contributed by atoms with Crippen LogP contribution in [0, 0.1) is 10.1 Å². The van der Waals surface area contributed by atoms with E-state index in [0.29, 0.717) is 0 Å². The molecule has 2 fully saturated rings. The Kier molecular flexibility index (Phi) is 7.21. The predicted molar refractivity (Wildman–Crippen MR) is 39.6 cm³/mol. The van der Waals surface area contributed by atoms with Gasteiger partial charge in [-0.15, -0.1) is 10.1 Å². The van der Waals surface area contributed by atoms with Crippen molar-refractivity contribution in [3.63, 3.8) is 0 Å². The molecule has 0 radical (unpaired) electrons. The number of nitrogens with zero attached hydrogens (tertiary/aromatic N) is 1. The van der Waals surface area contributed by atoms with E-state index in [1.165, 1.54) is 0 Å². The molecule has 2 heterocycles. The molecule has 2 rings (SSSR count). The maximum atomic E-state index is 10.0. The van der Waals surface area contributed by atoms with Gasteiger partial charge in [-0.2, -0.15) is 0 Å². The van der Waals surface area contributed by atoms with E-state index in [2.05, 4.69) is 4.84 Å². The molecule has 0 unspecified atom stereocenters. The van der Waals surface area contributed by atoms with Crippen LogP contribution in [0.3, 0.4) is 0 Å². The van der Waals surface area contributed by atoms with Gasteiger partial charge in [-0.3, -0.25) is 0 Å². The Morgan fingerprint density at radius 3 is 2.53 bits per heavy atom. The molecule has 0 amide bonds. The predicted octanol–water partition coefficient (Wildman–Crippen LogP) is -7.05. The van der Waals surface area contributed by atoms with Gasteiger partial charge in [0.25, 0.3) is 5.09 Å². The number of hydrogen-bond acceptors (Lipinski definition) is 6. The Bertz CT molecular complexity index is 239. The fraction of sp³-hybridized carbons (Fsp3) is 1.00. The Morgan fingerprint density at radius 2 is 1.93 bits per heavy atom. The Labute approximate surface area is 133 Å². The minimum absolute atomic E-state index is 0. The van der Waals surface area contributed by atoms with Gasteiger partial charge < -0.3 is 22.3 Å². The fourth-order valence-corrected chi connectivity index (χ4v) is 1.64. The molecule has 78 valence electrons. The van der Waals surface area contributed by atoms with Gasteiger partial charge in [0.2, 0.25) is 0 Å². The van der Waals surface area contributed by atoms with Gasteiger partial charge in [-0.05, 0) is 0 Å². The fourth-order valence-electron chi connectivity index (χ4n) is 1.64. The van der Waals surface area contributed by atoms with Crippen molar-refractivity contribution >= 4 is 0 Å². The van der Waals surface area contributed by atoms with E-state index >= 15 is 0 Å². The van der Waals surface area contributed by atoms with Crippen molar-refractivity contribution in [2.24, 2.45) is 0 Å². The molecule has 15 heavy (non-hydrogen) atoms. The first-order chi connectivity index (χ1) is 6.18. The van der Waals surface area contributed by atoms with E-state index < -0.39 is 29.5 Å². The topological polar surface area (TPSA) is 91.1 Å². The zero-order chi connectivity index (χ0) is 9.42. The van der Waals surface area contributed by atoms with Crippen LogP contribution in [-0.4, -0.2) is 47.8 Å². The van der Waals surface area contributed by atoms with Crippen LogP contribution in [0.1, 0.15) is 2.85 Å². The Hall–Kier alpha value is 1.08. The van der Waals surface area contributed by atoms with Gasteiger partial charge >= 0.3 is 59.1 Å². The van der Waals surface area contributed by atoms with Crippen LogP contribution in [0.25, 0.3) is 0 Å². The number of fused-ring (bicyclic) bond motifs is 1. The van der Waals surface area contributed by atoms with Crippen LogP contribution in [0.2, 0.25) is 0 Å². The van der Waals surface area contributed by atoms with Gasteiger partial charge in [0, 0.05) is 0 Å². The summed E-state index contributed by atoms with van der Waals surface area (Å²) in [6.45, 7) is 0.236. The summed E-state index contributed by atoms with van der Waals surface area (Å²) in [5, 5.41) is 18.4. The molecule has 0 aromatic carbocycles. The van der Waals surface area contributed by atoms with Crippen molar-refractivity contribution < 1.29 is 86.5 Å².